The van der Waals surface area contributed by atoms with Crippen molar-refractivity contribution < 1.29 is 9.59 Å². The van der Waals surface area contributed by atoms with E-state index in [1.165, 1.54) is 0 Å². The molecular formula is C29H25N5O2. The first-order chi connectivity index (χ1) is 17.5. The molecule has 5 rings (SSSR count). The third-order valence-corrected chi connectivity index (χ3v) is 5.88. The van der Waals surface area contributed by atoms with Gasteiger partial charge in [-0.2, -0.15) is 5.10 Å². The smallest absolute Gasteiger partial charge is 0.255 e. The summed E-state index contributed by atoms with van der Waals surface area (Å²) < 4.78 is 1.82. The molecule has 0 aliphatic rings. The maximum atomic E-state index is 12.7. The van der Waals surface area contributed by atoms with Crippen molar-refractivity contribution in [3.63, 3.8) is 0 Å². The van der Waals surface area contributed by atoms with Crippen LogP contribution in [0.1, 0.15) is 20.7 Å². The Hall–Kier alpha value is -4.91. The topological polar surface area (TPSA) is 79.3 Å². The molecule has 178 valence electrons. The van der Waals surface area contributed by atoms with E-state index in [4.69, 9.17) is 0 Å². The average molecular weight is 476 g/mol. The summed E-state index contributed by atoms with van der Waals surface area (Å²) in [5, 5.41) is 11.3. The highest BCUT2D eigenvalue weighted by molar-refractivity contribution is 6.05. The second-order valence-electron chi connectivity index (χ2n) is 8.59. The van der Waals surface area contributed by atoms with Gasteiger partial charge in [-0.15, -0.1) is 0 Å². The van der Waals surface area contributed by atoms with Crippen molar-refractivity contribution in [1.82, 2.24) is 9.78 Å². The minimum atomic E-state index is -0.166. The molecule has 2 amide bonds. The third kappa shape index (κ3) is 4.81. The molecule has 0 unspecified atom stereocenters. The molecule has 0 spiro atoms. The zero-order chi connectivity index (χ0) is 25.1. The van der Waals surface area contributed by atoms with Crippen molar-refractivity contribution in [2.45, 2.75) is 0 Å². The Morgan fingerprint density at radius 3 is 2.00 bits per heavy atom. The van der Waals surface area contributed by atoms with Crippen molar-refractivity contribution in [3.8, 4) is 5.69 Å². The number of carbonyl (C=O) groups excluding carboxylic acids is 2. The van der Waals surface area contributed by atoms with E-state index < -0.39 is 0 Å². The number of anilines is 3. The molecule has 1 aromatic heterocycles. The lowest BCUT2D eigenvalue weighted by atomic mass is 10.1. The molecule has 2 N–H and O–H groups in total. The maximum absolute atomic E-state index is 12.7. The summed E-state index contributed by atoms with van der Waals surface area (Å²) in [4.78, 5) is 27.1. The molecule has 0 atom stereocenters. The van der Waals surface area contributed by atoms with Gasteiger partial charge in [0.1, 0.15) is 0 Å². The Morgan fingerprint density at radius 1 is 0.722 bits per heavy atom. The van der Waals surface area contributed by atoms with E-state index in [0.717, 1.165) is 22.3 Å². The summed E-state index contributed by atoms with van der Waals surface area (Å²) in [5.74, 6) is -0.323. The number of benzene rings is 4. The number of hydrogen-bond donors (Lipinski definition) is 2. The van der Waals surface area contributed by atoms with Crippen molar-refractivity contribution in [2.75, 3.05) is 29.6 Å². The molecule has 7 nitrogen and oxygen atoms in total. The molecule has 1 heterocycles. The van der Waals surface area contributed by atoms with Crippen molar-refractivity contribution in [2.24, 2.45) is 0 Å². The minimum Gasteiger partial charge on any atom is -0.378 e. The third-order valence-electron chi connectivity index (χ3n) is 5.88. The fourth-order valence-corrected chi connectivity index (χ4v) is 3.91. The molecule has 36 heavy (non-hydrogen) atoms. The van der Waals surface area contributed by atoms with Crippen molar-refractivity contribution in [1.29, 1.82) is 0 Å². The lowest BCUT2D eigenvalue weighted by Gasteiger charge is -2.12. The first-order valence-corrected chi connectivity index (χ1v) is 11.5. The Bertz CT molecular complexity index is 1520. The fourth-order valence-electron chi connectivity index (χ4n) is 3.91. The van der Waals surface area contributed by atoms with E-state index in [1.54, 1.807) is 18.3 Å². The molecule has 4 aromatic carbocycles. The molecule has 5 aromatic rings. The number of carbonyl (C=O) groups is 2. The van der Waals surface area contributed by atoms with Crippen LogP contribution in [0.2, 0.25) is 0 Å². The van der Waals surface area contributed by atoms with Crippen LogP contribution in [0.5, 0.6) is 0 Å². The van der Waals surface area contributed by atoms with Gasteiger partial charge >= 0.3 is 0 Å². The molecule has 0 saturated heterocycles. The largest absolute Gasteiger partial charge is 0.378 e. The second-order valence-corrected chi connectivity index (χ2v) is 8.59. The Morgan fingerprint density at radius 2 is 1.33 bits per heavy atom. The van der Waals surface area contributed by atoms with Crippen molar-refractivity contribution in [3.05, 3.63) is 114 Å². The average Bonchev–Trinajstić information content (AvgIpc) is 3.33. The van der Waals surface area contributed by atoms with Crippen LogP contribution in [0.25, 0.3) is 16.6 Å². The van der Waals surface area contributed by atoms with Gasteiger partial charge in [-0.1, -0.05) is 18.2 Å². The van der Waals surface area contributed by atoms with Gasteiger partial charge in [0.05, 0.1) is 17.4 Å². The molecule has 7 heteroatoms. The van der Waals surface area contributed by atoms with Crippen LogP contribution in [0, 0.1) is 0 Å². The predicted octanol–water partition coefficient (Wildman–Crippen LogP) is 5.60. The standard InChI is InChI=1S/C29H25N5O2/c1-33(2)25-13-8-21(9-14-25)29(36)32-24-12-17-27-22(18-24)19-30-34(27)26-15-10-23(11-16-26)31-28(35)20-6-4-3-5-7-20/h3-19H,1-2H3,(H,31,35)(H,32,36). The molecule has 0 aliphatic heterocycles. The van der Waals surface area contributed by atoms with Crippen LogP contribution in [0.3, 0.4) is 0 Å². The summed E-state index contributed by atoms with van der Waals surface area (Å²) in [7, 11) is 3.92. The van der Waals surface area contributed by atoms with Crippen LogP contribution >= 0.6 is 0 Å². The molecular weight excluding hydrogens is 450 g/mol. The van der Waals surface area contributed by atoms with E-state index in [2.05, 4.69) is 15.7 Å². The number of nitrogens with one attached hydrogen (secondary N) is 2. The summed E-state index contributed by atoms with van der Waals surface area (Å²) in [5.41, 5.74) is 5.40. The van der Waals surface area contributed by atoms with Gasteiger partial charge in [0.15, 0.2) is 0 Å². The van der Waals surface area contributed by atoms with Gasteiger partial charge in [-0.05, 0) is 78.9 Å². The summed E-state index contributed by atoms with van der Waals surface area (Å²) in [6.45, 7) is 0. The van der Waals surface area contributed by atoms with Gasteiger partial charge in [0.25, 0.3) is 11.8 Å². The SMILES string of the molecule is CN(C)c1ccc(C(=O)Nc2ccc3c(cnn3-c3ccc(NC(=O)c4ccccc4)cc3)c2)cc1. The van der Waals surface area contributed by atoms with Crippen LogP contribution in [-0.4, -0.2) is 35.7 Å². The van der Waals surface area contributed by atoms with Crippen LogP contribution in [-0.2, 0) is 0 Å². The highest BCUT2D eigenvalue weighted by Crippen LogP contribution is 2.24. The molecule has 0 radical (unpaired) electrons. The Labute approximate surface area is 209 Å². The van der Waals surface area contributed by atoms with Crippen LogP contribution in [0.4, 0.5) is 17.1 Å². The first-order valence-electron chi connectivity index (χ1n) is 11.5. The monoisotopic (exact) mass is 475 g/mol. The van der Waals surface area contributed by atoms with Gasteiger partial charge in [0, 0.05) is 47.7 Å². The van der Waals surface area contributed by atoms with Crippen LogP contribution < -0.4 is 15.5 Å². The maximum Gasteiger partial charge on any atom is 0.255 e. The molecule has 0 fully saturated rings. The Kier molecular flexibility index (Phi) is 6.19. The number of aromatic nitrogens is 2. The fraction of sp³-hybridized carbons (Fsp3) is 0.0690. The van der Waals surface area contributed by atoms with E-state index in [9.17, 15) is 9.59 Å². The zero-order valence-corrected chi connectivity index (χ0v) is 20.0. The Balaban J connectivity index is 1.30. The van der Waals surface area contributed by atoms with E-state index >= 15 is 0 Å². The number of nitrogens with zero attached hydrogens (tertiary/aromatic N) is 3. The molecule has 0 saturated carbocycles. The highest BCUT2D eigenvalue weighted by Gasteiger charge is 2.11. The van der Waals surface area contributed by atoms with Crippen molar-refractivity contribution >= 4 is 39.8 Å². The minimum absolute atomic E-state index is 0.156. The molecule has 0 bridgehead atoms. The predicted molar refractivity (Wildman–Crippen MR) is 144 cm³/mol. The lowest BCUT2D eigenvalue weighted by Crippen LogP contribution is -2.13. The van der Waals surface area contributed by atoms with Gasteiger partial charge in [0.2, 0.25) is 0 Å². The summed E-state index contributed by atoms with van der Waals surface area (Å²) in [6.07, 6.45) is 1.77. The number of rotatable bonds is 6. The molecule has 0 aliphatic carbocycles. The van der Waals surface area contributed by atoms with Gasteiger partial charge in [-0.25, -0.2) is 4.68 Å². The normalized spacial score (nSPS) is 10.7. The number of hydrogen-bond acceptors (Lipinski definition) is 4. The number of amides is 2. The first kappa shape index (κ1) is 22.9. The number of fused-ring (bicyclic) bond motifs is 1. The lowest BCUT2D eigenvalue weighted by molar-refractivity contribution is 0.101. The van der Waals surface area contributed by atoms with Crippen LogP contribution in [0.15, 0.2) is 103 Å². The van der Waals surface area contributed by atoms with E-state index in [0.29, 0.717) is 22.5 Å². The van der Waals surface area contributed by atoms with E-state index in [1.807, 2.05) is 109 Å². The summed E-state index contributed by atoms with van der Waals surface area (Å²) in [6, 6.07) is 29.7. The quantitative estimate of drug-likeness (QED) is 0.335. The second kappa shape index (κ2) is 9.76. The van der Waals surface area contributed by atoms with Gasteiger partial charge in [-0.3, -0.25) is 9.59 Å². The van der Waals surface area contributed by atoms with Gasteiger partial charge < -0.3 is 15.5 Å². The highest BCUT2D eigenvalue weighted by atomic mass is 16.2. The zero-order valence-electron chi connectivity index (χ0n) is 20.0. The van der Waals surface area contributed by atoms with E-state index in [-0.39, 0.29) is 11.8 Å². The summed E-state index contributed by atoms with van der Waals surface area (Å²) >= 11 is 0.